The summed E-state index contributed by atoms with van der Waals surface area (Å²) < 4.78 is 39.8. The average Bonchev–Trinajstić information content (AvgIpc) is 3.97. The van der Waals surface area contributed by atoms with Crippen LogP contribution in [0.2, 0.25) is 0 Å². The Morgan fingerprint density at radius 1 is 1.15 bits per heavy atom. The Morgan fingerprint density at radius 2 is 1.91 bits per heavy atom. The second kappa shape index (κ2) is 15.6. The SMILES string of the molecule is C=CCCCCCNC(=O)N1C[C@H](Oc2cc(-c3nc(C(C)C)cs3)nc3c(C)c(OC)ccc23)C[C@H]1C(=O)N[C@]1(C(=O)NS(=O)(=O)C2CC2)C[C@H]1C. The number of carbonyl (C=O) groups is 3. The lowest BCUT2D eigenvalue weighted by molar-refractivity contribution is -0.131. The molecule has 6 rings (SSSR count). The molecule has 4 amide bonds. The van der Waals surface area contributed by atoms with Crippen molar-refractivity contribution in [2.45, 2.75) is 108 Å². The molecule has 2 saturated carbocycles. The molecule has 1 saturated heterocycles. The van der Waals surface area contributed by atoms with E-state index in [0.29, 0.717) is 42.1 Å². The standard InChI is InChI=1S/C38H50N6O7S2/c1-7-8-9-10-11-16-39-37(47)44-20-25(17-30(44)34(45)42-38(19-23(38)4)36(46)43-53(48,49)26-12-13-26)51-32-18-28(35-41-29(21-52-35)22(2)3)40-33-24(5)31(50-6)15-14-27(32)33/h7,14-15,18,21-23,25-26,30H,1,8-13,16-17,19-20H2,2-6H3,(H,39,47)(H,42,45)(H,43,46)/t23-,25-,30+,38-/m1/s1. The summed E-state index contributed by atoms with van der Waals surface area (Å²) >= 11 is 1.50. The van der Waals surface area contributed by atoms with E-state index in [1.165, 1.54) is 16.2 Å². The van der Waals surface area contributed by atoms with Crippen molar-refractivity contribution in [2.24, 2.45) is 5.92 Å². The first-order valence-corrected chi connectivity index (χ1v) is 20.8. The minimum Gasteiger partial charge on any atom is -0.496 e. The molecule has 3 aromatic rings. The molecule has 53 heavy (non-hydrogen) atoms. The highest BCUT2D eigenvalue weighted by Gasteiger charge is 2.61. The molecule has 0 bridgehead atoms. The van der Waals surface area contributed by atoms with Crippen molar-refractivity contribution in [3.05, 3.63) is 47.5 Å². The van der Waals surface area contributed by atoms with Gasteiger partial charge in [0.2, 0.25) is 15.9 Å². The minimum atomic E-state index is -3.81. The van der Waals surface area contributed by atoms with E-state index in [9.17, 15) is 22.8 Å². The number of allylic oxidation sites excluding steroid dienone is 1. The molecule has 3 aliphatic rings. The van der Waals surface area contributed by atoms with Gasteiger partial charge in [-0.15, -0.1) is 17.9 Å². The first-order valence-electron chi connectivity index (χ1n) is 18.4. The second-order valence-corrected chi connectivity index (χ2v) is 17.6. The molecule has 286 valence electrons. The van der Waals surface area contributed by atoms with Gasteiger partial charge in [0.25, 0.3) is 5.91 Å². The highest BCUT2D eigenvalue weighted by molar-refractivity contribution is 7.91. The minimum absolute atomic E-state index is 0.105. The Balaban J connectivity index is 1.27. The van der Waals surface area contributed by atoms with Crippen molar-refractivity contribution in [2.75, 3.05) is 20.2 Å². The lowest BCUT2D eigenvalue weighted by Crippen LogP contribution is -2.57. The predicted octanol–water partition coefficient (Wildman–Crippen LogP) is 5.58. The Bertz CT molecular complexity index is 2000. The summed E-state index contributed by atoms with van der Waals surface area (Å²) in [4.78, 5) is 52.4. The highest BCUT2D eigenvalue weighted by atomic mass is 32.2. The quantitative estimate of drug-likeness (QED) is 0.125. The van der Waals surface area contributed by atoms with Crippen LogP contribution in [0.1, 0.15) is 89.3 Å². The molecule has 15 heteroatoms. The maximum atomic E-state index is 14.1. The fourth-order valence-corrected chi connectivity index (χ4v) is 9.16. The summed E-state index contributed by atoms with van der Waals surface area (Å²) in [6, 6.07) is 4.21. The number of hydrogen-bond acceptors (Lipinski definition) is 10. The van der Waals surface area contributed by atoms with Gasteiger partial charge in [-0.3, -0.25) is 14.3 Å². The highest BCUT2D eigenvalue weighted by Crippen LogP contribution is 2.44. The number of hydrogen-bond donors (Lipinski definition) is 3. The number of methoxy groups -OCH3 is 1. The summed E-state index contributed by atoms with van der Waals surface area (Å²) in [6.45, 7) is 12.2. The molecule has 0 spiro atoms. The topological polar surface area (TPSA) is 169 Å². The third kappa shape index (κ3) is 8.30. The number of thiazole rings is 1. The molecule has 1 aromatic carbocycles. The van der Waals surface area contributed by atoms with Crippen molar-refractivity contribution in [3.63, 3.8) is 0 Å². The van der Waals surface area contributed by atoms with Gasteiger partial charge in [0.15, 0.2) is 0 Å². The summed E-state index contributed by atoms with van der Waals surface area (Å²) in [5.74, 6) is -0.104. The molecular weight excluding hydrogens is 717 g/mol. The molecule has 3 N–H and O–H groups in total. The van der Waals surface area contributed by atoms with E-state index >= 15 is 0 Å². The van der Waals surface area contributed by atoms with Gasteiger partial charge < -0.3 is 25.0 Å². The molecule has 3 fully saturated rings. The lowest BCUT2D eigenvalue weighted by Gasteiger charge is -2.26. The van der Waals surface area contributed by atoms with Crippen LogP contribution >= 0.6 is 11.3 Å². The first kappa shape index (κ1) is 38.5. The number of nitrogens with zero attached hydrogens (tertiary/aromatic N) is 3. The Hall–Kier alpha value is -4.24. The summed E-state index contributed by atoms with van der Waals surface area (Å²) in [5.41, 5.74) is 1.75. The van der Waals surface area contributed by atoms with Crippen molar-refractivity contribution in [3.8, 4) is 22.2 Å². The fraction of sp³-hybridized carbons (Fsp3) is 0.553. The number of fused-ring (bicyclic) bond motifs is 1. The Kier molecular flexibility index (Phi) is 11.3. The molecular formula is C38H50N6O7S2. The van der Waals surface area contributed by atoms with Gasteiger partial charge in [0, 0.05) is 35.4 Å². The molecule has 0 radical (unpaired) electrons. The molecule has 3 heterocycles. The van der Waals surface area contributed by atoms with Crippen LogP contribution in [-0.4, -0.2) is 84.3 Å². The van der Waals surface area contributed by atoms with Crippen LogP contribution in [-0.2, 0) is 19.6 Å². The fourth-order valence-electron chi connectivity index (χ4n) is 6.86. The number of aryl methyl sites for hydroxylation is 1. The van der Waals surface area contributed by atoms with Crippen molar-refractivity contribution in [1.29, 1.82) is 0 Å². The maximum Gasteiger partial charge on any atom is 0.318 e. The molecule has 4 atom stereocenters. The van der Waals surface area contributed by atoms with E-state index in [4.69, 9.17) is 19.4 Å². The molecule has 0 unspecified atom stereocenters. The Labute approximate surface area is 315 Å². The summed E-state index contributed by atoms with van der Waals surface area (Å²) in [6.07, 6.45) is 6.27. The maximum absolute atomic E-state index is 14.1. The van der Waals surface area contributed by atoms with E-state index in [1.807, 2.05) is 36.6 Å². The number of ether oxygens (including phenoxy) is 2. The zero-order valence-corrected chi connectivity index (χ0v) is 32.7. The van der Waals surface area contributed by atoms with Crippen molar-refractivity contribution >= 4 is 50.1 Å². The summed E-state index contributed by atoms with van der Waals surface area (Å²) in [7, 11) is -2.20. The van der Waals surface area contributed by atoms with Crippen LogP contribution in [0.4, 0.5) is 4.79 Å². The van der Waals surface area contributed by atoms with Crippen LogP contribution in [0.15, 0.2) is 36.2 Å². The second-order valence-electron chi connectivity index (χ2n) is 14.8. The number of amides is 4. The third-order valence-electron chi connectivity index (χ3n) is 10.4. The van der Waals surface area contributed by atoms with E-state index in [-0.39, 0.29) is 31.2 Å². The smallest absolute Gasteiger partial charge is 0.318 e. The van der Waals surface area contributed by atoms with Crippen LogP contribution in [0, 0.1) is 12.8 Å². The average molecular weight is 767 g/mol. The predicted molar refractivity (Wildman–Crippen MR) is 205 cm³/mol. The van der Waals surface area contributed by atoms with Gasteiger partial charge in [-0.1, -0.05) is 33.3 Å². The number of aromatic nitrogens is 2. The normalized spacial score (nSPS) is 22.5. The zero-order valence-electron chi connectivity index (χ0n) is 31.1. The number of unbranched alkanes of at least 4 members (excludes halogenated alkanes) is 3. The number of nitrogens with one attached hydrogen (secondary N) is 3. The van der Waals surface area contributed by atoms with Gasteiger partial charge in [-0.25, -0.2) is 23.2 Å². The third-order valence-corrected chi connectivity index (χ3v) is 13.1. The van der Waals surface area contributed by atoms with Crippen LogP contribution in [0.3, 0.4) is 0 Å². The monoisotopic (exact) mass is 766 g/mol. The van der Waals surface area contributed by atoms with E-state index in [2.05, 4.69) is 35.8 Å². The number of urea groups is 1. The van der Waals surface area contributed by atoms with Gasteiger partial charge >= 0.3 is 6.03 Å². The number of benzene rings is 1. The van der Waals surface area contributed by atoms with E-state index in [0.717, 1.165) is 47.3 Å². The van der Waals surface area contributed by atoms with Gasteiger partial charge in [-0.2, -0.15) is 0 Å². The summed E-state index contributed by atoms with van der Waals surface area (Å²) in [5, 5.41) is 8.75. The van der Waals surface area contributed by atoms with Gasteiger partial charge in [-0.05, 0) is 69.4 Å². The number of likely N-dealkylation sites (tertiary alicyclic amines) is 1. The molecule has 13 nitrogen and oxygen atoms in total. The number of rotatable bonds is 16. The number of pyridine rings is 1. The first-order chi connectivity index (χ1) is 25.3. The van der Waals surface area contributed by atoms with Crippen molar-refractivity contribution < 1.29 is 32.3 Å². The molecule has 2 aliphatic carbocycles. The van der Waals surface area contributed by atoms with Crippen LogP contribution in [0.25, 0.3) is 21.6 Å². The van der Waals surface area contributed by atoms with Crippen LogP contribution < -0.4 is 24.8 Å². The largest absolute Gasteiger partial charge is 0.496 e. The Morgan fingerprint density at radius 3 is 2.55 bits per heavy atom. The van der Waals surface area contributed by atoms with Crippen molar-refractivity contribution in [1.82, 2.24) is 30.2 Å². The lowest BCUT2D eigenvalue weighted by atomic mass is 10.1. The molecule has 1 aliphatic heterocycles. The number of carbonyl (C=O) groups excluding carboxylic acids is 3. The number of sulfonamides is 1. The molecule has 2 aromatic heterocycles. The van der Waals surface area contributed by atoms with Crippen LogP contribution in [0.5, 0.6) is 11.5 Å². The van der Waals surface area contributed by atoms with E-state index in [1.54, 1.807) is 14.0 Å². The van der Waals surface area contributed by atoms with Gasteiger partial charge in [0.1, 0.15) is 39.9 Å². The van der Waals surface area contributed by atoms with E-state index < -0.39 is 50.8 Å². The zero-order chi connectivity index (χ0) is 38.1. The van der Waals surface area contributed by atoms with Gasteiger partial charge in [0.05, 0.1) is 30.1 Å².